The molecule has 1 aromatic rings. The molecule has 1 aliphatic rings. The molecule has 1 heterocycles. The highest BCUT2D eigenvalue weighted by Gasteiger charge is 2.22. The third-order valence-electron chi connectivity index (χ3n) is 3.39. The smallest absolute Gasteiger partial charge is 0.306 e. The van der Waals surface area contributed by atoms with Gasteiger partial charge in [0.15, 0.2) is 0 Å². The molecule has 0 radical (unpaired) electrons. The summed E-state index contributed by atoms with van der Waals surface area (Å²) in [4.78, 5) is 11.3. The van der Waals surface area contributed by atoms with Crippen LogP contribution < -0.4 is 0 Å². The summed E-state index contributed by atoms with van der Waals surface area (Å²) < 4.78 is 4.97. The molecule has 1 saturated heterocycles. The Balaban J connectivity index is 2.15. The van der Waals surface area contributed by atoms with Crippen molar-refractivity contribution in [3.8, 4) is 0 Å². The third kappa shape index (κ3) is 2.87. The van der Waals surface area contributed by atoms with E-state index in [0.29, 0.717) is 18.9 Å². The van der Waals surface area contributed by atoms with Crippen LogP contribution in [0.25, 0.3) is 0 Å². The molecule has 0 N–H and O–H groups in total. The fourth-order valence-corrected chi connectivity index (χ4v) is 2.22. The van der Waals surface area contributed by atoms with E-state index in [1.165, 1.54) is 11.1 Å². The maximum atomic E-state index is 11.3. The average molecular weight is 232 g/mol. The molecule has 2 heteroatoms. The Hall–Kier alpha value is -1.31. The van der Waals surface area contributed by atoms with E-state index in [2.05, 4.69) is 45.0 Å². The summed E-state index contributed by atoms with van der Waals surface area (Å²) in [7, 11) is 0. The van der Waals surface area contributed by atoms with Crippen molar-refractivity contribution in [2.24, 2.45) is 0 Å². The molecule has 0 aromatic heterocycles. The summed E-state index contributed by atoms with van der Waals surface area (Å²) in [6, 6.07) is 8.66. The predicted molar refractivity (Wildman–Crippen MR) is 68.1 cm³/mol. The third-order valence-corrected chi connectivity index (χ3v) is 3.39. The van der Waals surface area contributed by atoms with E-state index in [4.69, 9.17) is 4.74 Å². The molecule has 1 unspecified atom stereocenters. The standard InChI is InChI=1S/C15H20O2/c1-15(2,3)13-6-4-11(5-7-13)12-8-9-17-14(16)10-12/h4-7,12H,8-10H2,1-3H3. The molecule has 1 aromatic carbocycles. The molecule has 0 saturated carbocycles. The molecular weight excluding hydrogens is 212 g/mol. The Kier molecular flexibility index (Phi) is 3.23. The van der Waals surface area contributed by atoms with Gasteiger partial charge >= 0.3 is 5.97 Å². The van der Waals surface area contributed by atoms with Crippen LogP contribution in [0.5, 0.6) is 0 Å². The van der Waals surface area contributed by atoms with Crippen molar-refractivity contribution in [1.29, 1.82) is 0 Å². The van der Waals surface area contributed by atoms with E-state index in [1.807, 2.05) is 0 Å². The maximum absolute atomic E-state index is 11.3. The van der Waals surface area contributed by atoms with Crippen molar-refractivity contribution < 1.29 is 9.53 Å². The number of benzene rings is 1. The van der Waals surface area contributed by atoms with Gasteiger partial charge in [0.2, 0.25) is 0 Å². The van der Waals surface area contributed by atoms with E-state index in [1.54, 1.807) is 0 Å². The van der Waals surface area contributed by atoms with Gasteiger partial charge < -0.3 is 4.74 Å². The van der Waals surface area contributed by atoms with E-state index >= 15 is 0 Å². The van der Waals surface area contributed by atoms with Crippen LogP contribution in [-0.4, -0.2) is 12.6 Å². The molecule has 0 aliphatic carbocycles. The second-order valence-corrected chi connectivity index (χ2v) is 5.78. The summed E-state index contributed by atoms with van der Waals surface area (Å²) in [6.07, 6.45) is 1.47. The van der Waals surface area contributed by atoms with Crippen LogP contribution in [0.2, 0.25) is 0 Å². The van der Waals surface area contributed by atoms with Gasteiger partial charge in [-0.1, -0.05) is 45.0 Å². The van der Waals surface area contributed by atoms with Gasteiger partial charge in [0.1, 0.15) is 0 Å². The zero-order valence-electron chi connectivity index (χ0n) is 10.8. The van der Waals surface area contributed by atoms with Crippen LogP contribution in [-0.2, 0) is 14.9 Å². The summed E-state index contributed by atoms with van der Waals surface area (Å²) in [6.45, 7) is 7.18. The fourth-order valence-electron chi connectivity index (χ4n) is 2.22. The van der Waals surface area contributed by atoms with Crippen molar-refractivity contribution in [3.63, 3.8) is 0 Å². The number of ether oxygens (including phenoxy) is 1. The van der Waals surface area contributed by atoms with Crippen molar-refractivity contribution in [1.82, 2.24) is 0 Å². The number of esters is 1. The molecular formula is C15H20O2. The van der Waals surface area contributed by atoms with E-state index in [0.717, 1.165) is 6.42 Å². The molecule has 17 heavy (non-hydrogen) atoms. The van der Waals surface area contributed by atoms with Gasteiger partial charge in [-0.25, -0.2) is 0 Å². The van der Waals surface area contributed by atoms with E-state index < -0.39 is 0 Å². The maximum Gasteiger partial charge on any atom is 0.306 e. The van der Waals surface area contributed by atoms with Crippen LogP contribution in [0.1, 0.15) is 50.7 Å². The van der Waals surface area contributed by atoms with E-state index in [-0.39, 0.29) is 11.4 Å². The Bertz CT molecular complexity index is 398. The summed E-state index contributed by atoms with van der Waals surface area (Å²) >= 11 is 0. The lowest BCUT2D eigenvalue weighted by Crippen LogP contribution is -2.19. The van der Waals surface area contributed by atoms with Crippen molar-refractivity contribution in [3.05, 3.63) is 35.4 Å². The zero-order chi connectivity index (χ0) is 12.5. The Morgan fingerprint density at radius 3 is 2.35 bits per heavy atom. The van der Waals surface area contributed by atoms with Crippen molar-refractivity contribution in [2.75, 3.05) is 6.61 Å². The number of hydrogen-bond donors (Lipinski definition) is 0. The lowest BCUT2D eigenvalue weighted by Gasteiger charge is -2.23. The lowest BCUT2D eigenvalue weighted by atomic mass is 9.84. The number of cyclic esters (lactones) is 1. The molecule has 0 spiro atoms. The summed E-state index contributed by atoms with van der Waals surface area (Å²) in [5.74, 6) is 0.270. The second-order valence-electron chi connectivity index (χ2n) is 5.78. The highest BCUT2D eigenvalue weighted by molar-refractivity contribution is 5.71. The molecule has 2 rings (SSSR count). The number of rotatable bonds is 1. The van der Waals surface area contributed by atoms with E-state index in [9.17, 15) is 4.79 Å². The molecule has 1 aliphatic heterocycles. The molecule has 92 valence electrons. The number of carbonyl (C=O) groups excluding carboxylic acids is 1. The zero-order valence-corrected chi connectivity index (χ0v) is 10.8. The Labute approximate surface area is 103 Å². The van der Waals surface area contributed by atoms with Crippen LogP contribution in [0.4, 0.5) is 0 Å². The molecule has 1 atom stereocenters. The Morgan fingerprint density at radius 1 is 1.18 bits per heavy atom. The van der Waals surface area contributed by atoms with Gasteiger partial charge in [-0.05, 0) is 28.9 Å². The minimum atomic E-state index is -0.0684. The molecule has 0 bridgehead atoms. The quantitative estimate of drug-likeness (QED) is 0.694. The average Bonchev–Trinajstić information content (AvgIpc) is 2.28. The lowest BCUT2D eigenvalue weighted by molar-refractivity contribution is -0.147. The minimum Gasteiger partial charge on any atom is -0.466 e. The topological polar surface area (TPSA) is 26.3 Å². The summed E-state index contributed by atoms with van der Waals surface area (Å²) in [5, 5.41) is 0. The van der Waals surface area contributed by atoms with Crippen molar-refractivity contribution in [2.45, 2.75) is 44.9 Å². The van der Waals surface area contributed by atoms with Gasteiger partial charge in [0.25, 0.3) is 0 Å². The first-order chi connectivity index (χ1) is 7.97. The first-order valence-electron chi connectivity index (χ1n) is 6.23. The van der Waals surface area contributed by atoms with Gasteiger partial charge in [-0.3, -0.25) is 4.79 Å². The largest absolute Gasteiger partial charge is 0.466 e. The normalized spacial score (nSPS) is 21.1. The van der Waals surface area contributed by atoms with Gasteiger partial charge in [-0.15, -0.1) is 0 Å². The molecule has 1 fully saturated rings. The van der Waals surface area contributed by atoms with Gasteiger partial charge in [-0.2, -0.15) is 0 Å². The summed E-state index contributed by atoms with van der Waals surface area (Å²) in [5.41, 5.74) is 2.78. The number of carbonyl (C=O) groups is 1. The predicted octanol–water partition coefficient (Wildman–Crippen LogP) is 3.40. The second kappa shape index (κ2) is 4.52. The number of hydrogen-bond acceptors (Lipinski definition) is 2. The van der Waals surface area contributed by atoms with Gasteiger partial charge in [0.05, 0.1) is 13.0 Å². The monoisotopic (exact) mass is 232 g/mol. The molecule has 0 amide bonds. The molecule has 2 nitrogen and oxygen atoms in total. The Morgan fingerprint density at radius 2 is 1.82 bits per heavy atom. The van der Waals surface area contributed by atoms with Crippen LogP contribution in [0.15, 0.2) is 24.3 Å². The first-order valence-corrected chi connectivity index (χ1v) is 6.23. The fraction of sp³-hybridized carbons (Fsp3) is 0.533. The van der Waals surface area contributed by atoms with Gasteiger partial charge in [0, 0.05) is 0 Å². The minimum absolute atomic E-state index is 0.0684. The highest BCUT2D eigenvalue weighted by Crippen LogP contribution is 2.29. The SMILES string of the molecule is CC(C)(C)c1ccc(C2CCOC(=O)C2)cc1. The van der Waals surface area contributed by atoms with Crippen molar-refractivity contribution >= 4 is 5.97 Å². The van der Waals surface area contributed by atoms with Crippen LogP contribution in [0, 0.1) is 0 Å². The van der Waals surface area contributed by atoms with Crippen LogP contribution >= 0.6 is 0 Å². The first kappa shape index (κ1) is 12.2. The highest BCUT2D eigenvalue weighted by atomic mass is 16.5. The van der Waals surface area contributed by atoms with Crippen LogP contribution in [0.3, 0.4) is 0 Å².